The Morgan fingerprint density at radius 1 is 0.969 bits per heavy atom. The quantitative estimate of drug-likeness (QED) is 0.571. The van der Waals surface area contributed by atoms with Gasteiger partial charge in [-0.3, -0.25) is 4.79 Å². The Labute approximate surface area is 189 Å². The second-order valence-electron chi connectivity index (χ2n) is 7.71. The average molecular weight is 442 g/mol. The van der Waals surface area contributed by atoms with E-state index in [2.05, 4.69) is 13.8 Å². The molecule has 3 rings (SSSR count). The zero-order chi connectivity index (χ0) is 23.3. The summed E-state index contributed by atoms with van der Waals surface area (Å²) >= 11 is 0. The molecule has 1 N–H and O–H groups in total. The number of carbonyl (C=O) groups excluding carboxylic acids is 1. The Hall–Kier alpha value is -3.19. The summed E-state index contributed by atoms with van der Waals surface area (Å²) in [5.41, 5.74) is 1.57. The van der Waals surface area contributed by atoms with Gasteiger partial charge in [0.05, 0.1) is 40.0 Å². The minimum absolute atomic E-state index is 0.105. The fraction of sp³-hybridized carbons (Fsp3) is 0.400. The number of hydrogen-bond donors (Lipinski definition) is 1. The van der Waals surface area contributed by atoms with Gasteiger partial charge in [-0.25, -0.2) is 0 Å². The van der Waals surface area contributed by atoms with Gasteiger partial charge in [0.15, 0.2) is 17.3 Å². The third kappa shape index (κ3) is 4.53. The van der Waals surface area contributed by atoms with Crippen LogP contribution in [0.25, 0.3) is 6.08 Å². The summed E-state index contributed by atoms with van der Waals surface area (Å²) in [7, 11) is 4.58. The number of carbonyl (C=O) groups is 1. The van der Waals surface area contributed by atoms with E-state index < -0.39 is 0 Å². The third-order valence-corrected chi connectivity index (χ3v) is 5.55. The molecule has 0 amide bonds. The number of ether oxygens (including phenoxy) is 4. The Balaban J connectivity index is 2.00. The van der Waals surface area contributed by atoms with Gasteiger partial charge in [0.25, 0.3) is 0 Å². The van der Waals surface area contributed by atoms with Crippen LogP contribution in [0.2, 0.25) is 0 Å². The Morgan fingerprint density at radius 3 is 2.25 bits per heavy atom. The van der Waals surface area contributed by atoms with Gasteiger partial charge in [-0.1, -0.05) is 25.7 Å². The van der Waals surface area contributed by atoms with E-state index >= 15 is 0 Å². The standard InChI is InChI=1S/C25H31NO6/c1-6-12-26(13-7-2)15-18-19(27)10-9-17-22(28)21(32-24(17)18)14-16-8-11-20(29-3)25(31-5)23(16)30-4/h8-11,14,27H,6-7,12-13,15H2,1-5H3/b21-14-. The highest BCUT2D eigenvalue weighted by atomic mass is 16.5. The van der Waals surface area contributed by atoms with Crippen molar-refractivity contribution >= 4 is 11.9 Å². The first-order chi connectivity index (χ1) is 15.5. The average Bonchev–Trinajstić information content (AvgIpc) is 3.10. The summed E-state index contributed by atoms with van der Waals surface area (Å²) in [5, 5.41) is 12.7. The maximum atomic E-state index is 13.1. The fourth-order valence-corrected chi connectivity index (χ4v) is 4.09. The fourth-order valence-electron chi connectivity index (χ4n) is 4.09. The first-order valence-corrected chi connectivity index (χ1v) is 10.9. The maximum Gasteiger partial charge on any atom is 0.231 e. The number of nitrogens with one attached hydrogen (secondary N) is 1. The number of Topliss-reactive ketones (excluding diaryl/α,β-unsaturated/α-hetero) is 1. The van der Waals surface area contributed by atoms with E-state index in [0.29, 0.717) is 46.2 Å². The number of hydrogen-bond acceptors (Lipinski definition) is 6. The van der Waals surface area contributed by atoms with Crippen LogP contribution in [-0.2, 0) is 6.54 Å². The molecule has 0 saturated heterocycles. The topological polar surface area (TPSA) is 81.5 Å². The number of quaternary nitrogens is 1. The summed E-state index contributed by atoms with van der Waals surface area (Å²) in [6, 6.07) is 6.51. The van der Waals surface area contributed by atoms with Crippen molar-refractivity contribution in [2.24, 2.45) is 0 Å². The van der Waals surface area contributed by atoms with E-state index in [4.69, 9.17) is 18.9 Å². The molecule has 32 heavy (non-hydrogen) atoms. The lowest BCUT2D eigenvalue weighted by Crippen LogP contribution is -3.10. The molecule has 0 atom stereocenters. The number of allylic oxidation sites excluding steroid dienone is 1. The molecule has 1 heterocycles. The van der Waals surface area contributed by atoms with Crippen molar-refractivity contribution in [2.45, 2.75) is 33.2 Å². The molecule has 2 aromatic rings. The van der Waals surface area contributed by atoms with Gasteiger partial charge in [-0.2, -0.15) is 0 Å². The first kappa shape index (κ1) is 23.5. The van der Waals surface area contributed by atoms with Gasteiger partial charge in [-0.05, 0) is 37.1 Å². The summed E-state index contributed by atoms with van der Waals surface area (Å²) in [5.74, 6) is 1.52. The number of fused-ring (bicyclic) bond motifs is 1. The Morgan fingerprint density at radius 2 is 1.66 bits per heavy atom. The van der Waals surface area contributed by atoms with Crippen LogP contribution in [0.15, 0.2) is 30.0 Å². The van der Waals surface area contributed by atoms with Gasteiger partial charge in [0.2, 0.25) is 11.5 Å². The first-order valence-electron chi connectivity index (χ1n) is 10.9. The van der Waals surface area contributed by atoms with Gasteiger partial charge in [-0.15, -0.1) is 0 Å². The van der Waals surface area contributed by atoms with Crippen molar-refractivity contribution in [3.05, 3.63) is 46.7 Å². The maximum absolute atomic E-state index is 13.1. The van der Waals surface area contributed by atoms with Gasteiger partial charge in [0.1, 0.15) is 12.3 Å². The molecule has 2 aromatic carbocycles. The molecule has 0 aliphatic carbocycles. The van der Waals surface area contributed by atoms with Crippen molar-refractivity contribution in [1.82, 2.24) is 0 Å². The Kier molecular flexibility index (Phi) is 7.64. The number of rotatable bonds is 10. The zero-order valence-corrected chi connectivity index (χ0v) is 19.4. The van der Waals surface area contributed by atoms with E-state index in [0.717, 1.165) is 25.9 Å². The van der Waals surface area contributed by atoms with E-state index in [1.807, 2.05) is 0 Å². The summed E-state index contributed by atoms with van der Waals surface area (Å²) in [4.78, 5) is 14.4. The third-order valence-electron chi connectivity index (χ3n) is 5.55. The molecule has 0 aromatic heterocycles. The van der Waals surface area contributed by atoms with Crippen LogP contribution in [0.1, 0.15) is 48.2 Å². The van der Waals surface area contributed by atoms with E-state index in [-0.39, 0.29) is 17.3 Å². The van der Waals surface area contributed by atoms with Crippen LogP contribution in [0.5, 0.6) is 28.7 Å². The predicted molar refractivity (Wildman–Crippen MR) is 120 cm³/mol. The van der Waals surface area contributed by atoms with Crippen LogP contribution >= 0.6 is 0 Å². The van der Waals surface area contributed by atoms with E-state index in [1.165, 1.54) is 25.2 Å². The minimum Gasteiger partial charge on any atom is -0.872 e. The lowest BCUT2D eigenvalue weighted by molar-refractivity contribution is -0.914. The largest absolute Gasteiger partial charge is 0.872 e. The Bertz CT molecular complexity index is 1010. The molecule has 1 aliphatic heterocycles. The molecule has 0 bridgehead atoms. The van der Waals surface area contributed by atoms with Crippen molar-refractivity contribution in [3.63, 3.8) is 0 Å². The highest BCUT2D eigenvalue weighted by Gasteiger charge is 2.31. The number of benzene rings is 2. The molecular weight excluding hydrogens is 410 g/mol. The lowest BCUT2D eigenvalue weighted by atomic mass is 10.0. The van der Waals surface area contributed by atoms with E-state index in [1.54, 1.807) is 31.4 Å². The molecule has 7 heteroatoms. The van der Waals surface area contributed by atoms with Gasteiger partial charge in [0, 0.05) is 11.1 Å². The molecule has 7 nitrogen and oxygen atoms in total. The lowest BCUT2D eigenvalue weighted by Gasteiger charge is -2.23. The molecular formula is C25H31NO6. The van der Waals surface area contributed by atoms with E-state index in [9.17, 15) is 9.90 Å². The van der Waals surface area contributed by atoms with Crippen LogP contribution in [0.3, 0.4) is 0 Å². The van der Waals surface area contributed by atoms with Gasteiger partial charge < -0.3 is 29.0 Å². The van der Waals surface area contributed by atoms with Crippen LogP contribution in [0.4, 0.5) is 0 Å². The highest BCUT2D eigenvalue weighted by Crippen LogP contribution is 2.43. The summed E-state index contributed by atoms with van der Waals surface area (Å²) in [6.45, 7) is 6.69. The monoisotopic (exact) mass is 441 g/mol. The number of ketones is 1. The van der Waals surface area contributed by atoms with Crippen molar-refractivity contribution < 1.29 is 33.7 Å². The molecule has 0 unspecified atom stereocenters. The second kappa shape index (κ2) is 10.4. The van der Waals surface area contributed by atoms with Crippen molar-refractivity contribution in [1.29, 1.82) is 0 Å². The number of methoxy groups -OCH3 is 3. The normalized spacial score (nSPS) is 13.9. The molecule has 1 aliphatic rings. The summed E-state index contributed by atoms with van der Waals surface area (Å²) < 4.78 is 22.3. The smallest absolute Gasteiger partial charge is 0.231 e. The zero-order valence-electron chi connectivity index (χ0n) is 19.4. The van der Waals surface area contributed by atoms with Crippen molar-refractivity contribution in [3.8, 4) is 28.7 Å². The second-order valence-corrected chi connectivity index (χ2v) is 7.71. The van der Waals surface area contributed by atoms with Crippen molar-refractivity contribution in [2.75, 3.05) is 34.4 Å². The molecule has 0 saturated carbocycles. The minimum atomic E-state index is -0.259. The highest BCUT2D eigenvalue weighted by molar-refractivity contribution is 6.15. The van der Waals surface area contributed by atoms with Crippen LogP contribution in [-0.4, -0.2) is 40.2 Å². The van der Waals surface area contributed by atoms with Crippen LogP contribution < -0.4 is 29.0 Å². The SMILES string of the molecule is CCC[NH+](CCC)Cc1c([O-])ccc2c1O/C(=C\c1ccc(OC)c(OC)c1OC)C2=O. The molecule has 0 spiro atoms. The van der Waals surface area contributed by atoms with Crippen LogP contribution in [0, 0.1) is 0 Å². The summed E-state index contributed by atoms with van der Waals surface area (Å²) in [6.07, 6.45) is 3.64. The predicted octanol–water partition coefficient (Wildman–Crippen LogP) is 2.61. The molecule has 172 valence electrons. The molecule has 0 radical (unpaired) electrons. The van der Waals surface area contributed by atoms with Gasteiger partial charge >= 0.3 is 0 Å². The molecule has 0 fully saturated rings.